The van der Waals surface area contributed by atoms with Gasteiger partial charge in [0.05, 0.1) is 12.1 Å². The van der Waals surface area contributed by atoms with Crippen molar-refractivity contribution in [3.05, 3.63) is 0 Å². The van der Waals surface area contributed by atoms with Gasteiger partial charge in [0.25, 0.3) is 0 Å². The van der Waals surface area contributed by atoms with Crippen LogP contribution < -0.4 is 33.2 Å². The minimum atomic E-state index is -1.36. The zero-order chi connectivity index (χ0) is 22.7. The molecule has 5 unspecified atom stereocenters. The molecule has 0 saturated heterocycles. The fraction of sp³-hybridized carbons (Fsp3) is 0.688. The summed E-state index contributed by atoms with van der Waals surface area (Å²) in [4.78, 5) is 51.4. The second-order valence-corrected chi connectivity index (χ2v) is 6.59. The number of nitrogens with two attached hydrogens (primary N) is 3. The van der Waals surface area contributed by atoms with Crippen LogP contribution in [-0.4, -0.2) is 76.7 Å². The van der Waals surface area contributed by atoms with Crippen molar-refractivity contribution in [2.75, 3.05) is 6.54 Å². The molecule has 0 aromatic heterocycles. The molecule has 166 valence electrons. The van der Waals surface area contributed by atoms with Crippen LogP contribution in [0.15, 0.2) is 4.99 Å². The summed E-state index contributed by atoms with van der Waals surface area (Å²) in [6, 6.07) is -4.62. The van der Waals surface area contributed by atoms with E-state index in [0.717, 1.165) is 0 Å². The Bertz CT molecular complexity index is 619. The molecule has 0 bridgehead atoms. The van der Waals surface area contributed by atoms with Crippen LogP contribution in [0, 0.1) is 0 Å². The summed E-state index contributed by atoms with van der Waals surface area (Å²) in [5.41, 5.74) is 15.9. The largest absolute Gasteiger partial charge is 0.480 e. The molecule has 13 heteroatoms. The molecule has 29 heavy (non-hydrogen) atoms. The number of aliphatic carboxylic acids is 1. The Morgan fingerprint density at radius 3 is 2.00 bits per heavy atom. The molecule has 11 N–H and O–H groups in total. The van der Waals surface area contributed by atoms with Crippen molar-refractivity contribution in [1.82, 2.24) is 16.0 Å². The third-order valence-electron chi connectivity index (χ3n) is 3.78. The molecule has 0 aromatic rings. The van der Waals surface area contributed by atoms with Gasteiger partial charge in [-0.2, -0.15) is 0 Å². The summed E-state index contributed by atoms with van der Waals surface area (Å²) in [6.07, 6.45) is -0.904. The van der Waals surface area contributed by atoms with Crippen molar-refractivity contribution in [2.24, 2.45) is 22.2 Å². The van der Waals surface area contributed by atoms with E-state index in [4.69, 9.17) is 22.3 Å². The summed E-state index contributed by atoms with van der Waals surface area (Å²) >= 11 is 0. The number of hydrogen-bond acceptors (Lipinski definition) is 7. The molecule has 3 amide bonds. The van der Waals surface area contributed by atoms with Crippen molar-refractivity contribution in [2.45, 2.75) is 63.9 Å². The minimum Gasteiger partial charge on any atom is -0.480 e. The third kappa shape index (κ3) is 10.3. The molecule has 0 spiro atoms. The Morgan fingerprint density at radius 1 is 0.966 bits per heavy atom. The Kier molecular flexibility index (Phi) is 11.2. The Balaban J connectivity index is 5.28. The standard InChI is InChI=1S/C16H31N7O6/c1-7(17)12(25)23-11(9(3)24)14(27)22-10(5-4-6-20-16(18)19)13(26)21-8(2)15(28)29/h7-11,24H,4-6,17H2,1-3H3,(H,21,26)(H,22,27)(H,23,25)(H,28,29)(H4,18,19,20). The first-order valence-corrected chi connectivity index (χ1v) is 8.99. The van der Waals surface area contributed by atoms with E-state index in [1.165, 1.54) is 20.8 Å². The Labute approximate surface area is 168 Å². The topological polar surface area (TPSA) is 235 Å². The Hall–Kier alpha value is -2.93. The second-order valence-electron chi connectivity index (χ2n) is 6.59. The van der Waals surface area contributed by atoms with Gasteiger partial charge in [0, 0.05) is 6.54 Å². The van der Waals surface area contributed by atoms with E-state index in [9.17, 15) is 24.3 Å². The lowest BCUT2D eigenvalue weighted by molar-refractivity contribution is -0.142. The third-order valence-corrected chi connectivity index (χ3v) is 3.78. The lowest BCUT2D eigenvalue weighted by Crippen LogP contribution is -2.59. The number of hydrogen-bond donors (Lipinski definition) is 8. The summed E-state index contributed by atoms with van der Waals surface area (Å²) in [5.74, 6) is -3.64. The van der Waals surface area contributed by atoms with Crippen LogP contribution in [0.3, 0.4) is 0 Å². The summed E-state index contributed by atoms with van der Waals surface area (Å²) < 4.78 is 0. The van der Waals surface area contributed by atoms with Gasteiger partial charge < -0.3 is 43.4 Å². The van der Waals surface area contributed by atoms with Crippen molar-refractivity contribution in [1.29, 1.82) is 0 Å². The van der Waals surface area contributed by atoms with E-state index < -0.39 is 54.0 Å². The lowest BCUT2D eigenvalue weighted by atomic mass is 10.1. The number of carbonyl (C=O) groups is 4. The molecule has 0 aliphatic rings. The SMILES string of the molecule is CC(N)C(=O)NC(C(=O)NC(CCCN=C(N)N)C(=O)NC(C)C(=O)O)C(C)O. The van der Waals surface area contributed by atoms with Gasteiger partial charge >= 0.3 is 5.97 Å². The van der Waals surface area contributed by atoms with E-state index in [1.807, 2.05) is 0 Å². The normalized spacial score (nSPS) is 15.8. The number of carbonyl (C=O) groups excluding carboxylic acids is 3. The van der Waals surface area contributed by atoms with E-state index in [-0.39, 0.29) is 18.9 Å². The number of guanidine groups is 1. The molecule has 5 atom stereocenters. The number of aliphatic hydroxyl groups is 1. The first kappa shape index (κ1) is 26.1. The molecule has 0 aliphatic carbocycles. The first-order chi connectivity index (χ1) is 13.4. The maximum atomic E-state index is 12.5. The van der Waals surface area contributed by atoms with Crippen LogP contribution in [-0.2, 0) is 19.2 Å². The highest BCUT2D eigenvalue weighted by molar-refractivity contribution is 5.94. The van der Waals surface area contributed by atoms with Gasteiger partial charge in [-0.3, -0.25) is 24.2 Å². The molecule has 0 rings (SSSR count). The second kappa shape index (κ2) is 12.5. The van der Waals surface area contributed by atoms with E-state index in [2.05, 4.69) is 20.9 Å². The number of rotatable bonds is 12. The summed E-state index contributed by atoms with van der Waals surface area (Å²) in [5, 5.41) is 25.7. The van der Waals surface area contributed by atoms with Crippen LogP contribution in [0.4, 0.5) is 0 Å². The number of aliphatic hydroxyl groups excluding tert-OH is 1. The first-order valence-electron chi connectivity index (χ1n) is 8.99. The molecule has 0 saturated carbocycles. The van der Waals surface area contributed by atoms with Gasteiger partial charge in [-0.1, -0.05) is 0 Å². The van der Waals surface area contributed by atoms with E-state index >= 15 is 0 Å². The lowest BCUT2D eigenvalue weighted by Gasteiger charge is -2.25. The molecular weight excluding hydrogens is 386 g/mol. The highest BCUT2D eigenvalue weighted by Crippen LogP contribution is 2.03. The van der Waals surface area contributed by atoms with Gasteiger partial charge in [0.15, 0.2) is 5.96 Å². The van der Waals surface area contributed by atoms with Gasteiger partial charge in [-0.05, 0) is 33.6 Å². The fourth-order valence-electron chi connectivity index (χ4n) is 2.10. The predicted molar refractivity (Wildman–Crippen MR) is 104 cm³/mol. The van der Waals surface area contributed by atoms with Gasteiger partial charge in [-0.25, -0.2) is 0 Å². The van der Waals surface area contributed by atoms with Gasteiger partial charge in [-0.15, -0.1) is 0 Å². The van der Waals surface area contributed by atoms with Gasteiger partial charge in [0.1, 0.15) is 18.1 Å². The van der Waals surface area contributed by atoms with Gasteiger partial charge in [0.2, 0.25) is 17.7 Å². The zero-order valence-corrected chi connectivity index (χ0v) is 16.7. The molecule has 0 fully saturated rings. The molecular formula is C16H31N7O6. The van der Waals surface area contributed by atoms with Crippen LogP contribution >= 0.6 is 0 Å². The highest BCUT2D eigenvalue weighted by Gasteiger charge is 2.31. The molecule has 0 heterocycles. The minimum absolute atomic E-state index is 0.0778. The average Bonchev–Trinajstić information content (AvgIpc) is 2.60. The van der Waals surface area contributed by atoms with Crippen LogP contribution in [0.1, 0.15) is 33.6 Å². The van der Waals surface area contributed by atoms with Crippen molar-refractivity contribution >= 4 is 29.7 Å². The van der Waals surface area contributed by atoms with Crippen molar-refractivity contribution in [3.8, 4) is 0 Å². The fourth-order valence-corrected chi connectivity index (χ4v) is 2.10. The zero-order valence-electron chi connectivity index (χ0n) is 16.7. The quantitative estimate of drug-likeness (QED) is 0.0885. The van der Waals surface area contributed by atoms with Crippen molar-refractivity contribution in [3.63, 3.8) is 0 Å². The highest BCUT2D eigenvalue weighted by atomic mass is 16.4. The number of aliphatic imine (C=N–C) groups is 1. The van der Waals surface area contributed by atoms with Crippen LogP contribution in [0.5, 0.6) is 0 Å². The monoisotopic (exact) mass is 417 g/mol. The van der Waals surface area contributed by atoms with Crippen LogP contribution in [0.25, 0.3) is 0 Å². The number of carboxylic acid groups (broad SMARTS) is 1. The average molecular weight is 417 g/mol. The number of nitrogens with one attached hydrogen (secondary N) is 3. The van der Waals surface area contributed by atoms with Crippen molar-refractivity contribution < 1.29 is 29.4 Å². The molecule has 13 nitrogen and oxygen atoms in total. The molecule has 0 aromatic carbocycles. The smallest absolute Gasteiger partial charge is 0.325 e. The summed E-state index contributed by atoms with van der Waals surface area (Å²) in [6.45, 7) is 4.13. The Morgan fingerprint density at radius 2 is 1.55 bits per heavy atom. The van der Waals surface area contributed by atoms with E-state index in [0.29, 0.717) is 6.42 Å². The number of nitrogens with zero attached hydrogens (tertiary/aromatic N) is 1. The maximum absolute atomic E-state index is 12.5. The molecule has 0 radical (unpaired) electrons. The number of carboxylic acids is 1. The van der Waals surface area contributed by atoms with E-state index in [1.54, 1.807) is 0 Å². The molecule has 0 aliphatic heterocycles. The summed E-state index contributed by atoms with van der Waals surface area (Å²) in [7, 11) is 0. The predicted octanol–water partition coefficient (Wildman–Crippen LogP) is -3.67. The van der Waals surface area contributed by atoms with Crippen LogP contribution in [0.2, 0.25) is 0 Å². The number of amides is 3. The maximum Gasteiger partial charge on any atom is 0.325 e.